The number of aliphatic hydroxyl groups is 1. The van der Waals surface area contributed by atoms with Crippen LogP contribution < -0.4 is 5.32 Å². The van der Waals surface area contributed by atoms with Crippen molar-refractivity contribution in [1.29, 1.82) is 0 Å². The first kappa shape index (κ1) is 11.0. The van der Waals surface area contributed by atoms with Gasteiger partial charge in [-0.15, -0.1) is 5.73 Å². The molecule has 0 unspecified atom stereocenters. The van der Waals surface area contributed by atoms with Crippen molar-refractivity contribution in [3.8, 4) is 0 Å². The molecule has 0 aromatic heterocycles. The first-order valence-corrected chi connectivity index (χ1v) is 4.17. The molecule has 0 saturated carbocycles. The third kappa shape index (κ3) is 4.78. The zero-order valence-electron chi connectivity index (χ0n) is 7.85. The number of hydrogen-bond donors (Lipinski definition) is 2. The molecule has 0 aromatic carbocycles. The maximum atomic E-state index is 9.18. The minimum atomic E-state index is 0.328. The van der Waals surface area contributed by atoms with Gasteiger partial charge in [0.2, 0.25) is 0 Å². The molecule has 0 atom stereocenters. The van der Waals surface area contributed by atoms with Crippen LogP contribution in [0.1, 0.15) is 20.3 Å². The summed E-state index contributed by atoms with van der Waals surface area (Å²) in [7, 11) is 0. The average molecular weight is 167 g/mol. The van der Waals surface area contributed by atoms with Crippen molar-refractivity contribution in [2.75, 3.05) is 13.1 Å². The van der Waals surface area contributed by atoms with Gasteiger partial charge in [0.05, 0.1) is 5.76 Å². The van der Waals surface area contributed by atoms with Crippen LogP contribution in [-0.4, -0.2) is 18.2 Å². The molecular formula is C10H17NO. The summed E-state index contributed by atoms with van der Waals surface area (Å²) in [5.41, 5.74) is 3.49. The van der Waals surface area contributed by atoms with Crippen LogP contribution in [0.25, 0.3) is 0 Å². The summed E-state index contributed by atoms with van der Waals surface area (Å²) in [6.07, 6.45) is 2.79. The van der Waals surface area contributed by atoms with Crippen molar-refractivity contribution in [3.63, 3.8) is 0 Å². The second-order valence-corrected chi connectivity index (χ2v) is 2.64. The van der Waals surface area contributed by atoms with Crippen LogP contribution in [-0.2, 0) is 0 Å². The smallest absolute Gasteiger partial charge is 0.0942 e. The predicted octanol–water partition coefficient (Wildman–Crippen LogP) is 2.16. The van der Waals surface area contributed by atoms with E-state index in [-0.39, 0.29) is 0 Å². The minimum absolute atomic E-state index is 0.328. The van der Waals surface area contributed by atoms with E-state index in [2.05, 4.69) is 24.6 Å². The average Bonchev–Trinajstić information content (AvgIpc) is 2.03. The molecule has 0 aliphatic carbocycles. The Labute approximate surface area is 74.3 Å². The molecule has 0 amide bonds. The molecule has 68 valence electrons. The monoisotopic (exact) mass is 167 g/mol. The Kier molecular flexibility index (Phi) is 6.16. The summed E-state index contributed by atoms with van der Waals surface area (Å²) in [5.74, 6) is 0.328. The van der Waals surface area contributed by atoms with Crippen molar-refractivity contribution < 1.29 is 5.11 Å². The van der Waals surface area contributed by atoms with E-state index >= 15 is 0 Å². The standard InChI is InChI=1S/C10H17NO/c1-4-6-10(9(3)12)8-11-7-5-2/h6,11-12H,1,5,7-8H2,2-3H3. The Hall–Kier alpha value is -0.980. The second-order valence-electron chi connectivity index (χ2n) is 2.64. The number of rotatable bonds is 5. The summed E-state index contributed by atoms with van der Waals surface area (Å²) in [6.45, 7) is 8.86. The maximum absolute atomic E-state index is 9.18. The van der Waals surface area contributed by atoms with Crippen molar-refractivity contribution in [2.45, 2.75) is 20.3 Å². The van der Waals surface area contributed by atoms with E-state index in [1.54, 1.807) is 13.0 Å². The van der Waals surface area contributed by atoms with Gasteiger partial charge < -0.3 is 10.4 Å². The summed E-state index contributed by atoms with van der Waals surface area (Å²) >= 11 is 0. The summed E-state index contributed by atoms with van der Waals surface area (Å²) in [5, 5.41) is 12.4. The fraction of sp³-hybridized carbons (Fsp3) is 0.500. The first-order chi connectivity index (χ1) is 5.72. The Bertz CT molecular complexity index is 196. The molecule has 0 spiro atoms. The lowest BCUT2D eigenvalue weighted by atomic mass is 10.2. The predicted molar refractivity (Wildman–Crippen MR) is 52.2 cm³/mol. The fourth-order valence-electron chi connectivity index (χ4n) is 0.806. The Morgan fingerprint density at radius 1 is 1.67 bits per heavy atom. The fourth-order valence-corrected chi connectivity index (χ4v) is 0.806. The molecule has 0 aliphatic heterocycles. The Morgan fingerprint density at radius 2 is 2.33 bits per heavy atom. The zero-order chi connectivity index (χ0) is 9.40. The zero-order valence-corrected chi connectivity index (χ0v) is 7.85. The van der Waals surface area contributed by atoms with E-state index < -0.39 is 0 Å². The summed E-state index contributed by atoms with van der Waals surface area (Å²) < 4.78 is 0. The quantitative estimate of drug-likeness (QED) is 0.284. The highest BCUT2D eigenvalue weighted by molar-refractivity contribution is 5.21. The van der Waals surface area contributed by atoms with Crippen molar-refractivity contribution in [3.05, 3.63) is 29.7 Å². The molecule has 0 heterocycles. The van der Waals surface area contributed by atoms with Gasteiger partial charge in [0.1, 0.15) is 0 Å². The largest absolute Gasteiger partial charge is 0.512 e. The third-order valence-electron chi connectivity index (χ3n) is 1.48. The van der Waals surface area contributed by atoms with Gasteiger partial charge in [-0.25, -0.2) is 0 Å². The van der Waals surface area contributed by atoms with Gasteiger partial charge in [0.15, 0.2) is 0 Å². The molecule has 0 radical (unpaired) electrons. The molecule has 0 rings (SSSR count). The van der Waals surface area contributed by atoms with Crippen LogP contribution in [0.2, 0.25) is 0 Å². The molecule has 0 fully saturated rings. The van der Waals surface area contributed by atoms with E-state index in [9.17, 15) is 5.11 Å². The number of allylic oxidation sites excluding steroid dienone is 1. The van der Waals surface area contributed by atoms with Gasteiger partial charge in [0, 0.05) is 12.1 Å². The van der Waals surface area contributed by atoms with Gasteiger partial charge in [-0.3, -0.25) is 0 Å². The van der Waals surface area contributed by atoms with Crippen molar-refractivity contribution in [1.82, 2.24) is 5.32 Å². The molecule has 0 saturated heterocycles. The summed E-state index contributed by atoms with van der Waals surface area (Å²) in [6, 6.07) is 0. The normalized spacial score (nSPS) is 11.8. The van der Waals surface area contributed by atoms with Crippen molar-refractivity contribution >= 4 is 0 Å². The number of nitrogens with one attached hydrogen (secondary N) is 1. The van der Waals surface area contributed by atoms with Gasteiger partial charge >= 0.3 is 0 Å². The van der Waals surface area contributed by atoms with E-state index in [1.165, 1.54) is 0 Å². The lowest BCUT2D eigenvalue weighted by Gasteiger charge is -2.03. The van der Waals surface area contributed by atoms with Gasteiger partial charge in [-0.2, -0.15) is 0 Å². The lowest BCUT2D eigenvalue weighted by molar-refractivity contribution is 0.406. The van der Waals surface area contributed by atoms with E-state index in [4.69, 9.17) is 0 Å². The Balaban J connectivity index is 3.99. The molecule has 0 aromatic rings. The molecule has 2 nitrogen and oxygen atoms in total. The van der Waals surface area contributed by atoms with Crippen LogP contribution in [0, 0.1) is 0 Å². The minimum Gasteiger partial charge on any atom is -0.512 e. The highest BCUT2D eigenvalue weighted by Gasteiger charge is 1.95. The molecule has 0 bridgehead atoms. The molecule has 2 N–H and O–H groups in total. The van der Waals surface area contributed by atoms with E-state index in [1.807, 2.05) is 0 Å². The maximum Gasteiger partial charge on any atom is 0.0942 e. The summed E-state index contributed by atoms with van der Waals surface area (Å²) in [4.78, 5) is 0. The lowest BCUT2D eigenvalue weighted by Crippen LogP contribution is -2.17. The van der Waals surface area contributed by atoms with Crippen molar-refractivity contribution in [2.24, 2.45) is 0 Å². The molecule has 12 heavy (non-hydrogen) atoms. The number of aliphatic hydroxyl groups excluding tert-OH is 1. The SMILES string of the molecule is C=C=CC(CNCCC)=C(C)O. The second kappa shape index (κ2) is 6.71. The van der Waals surface area contributed by atoms with Crippen LogP contribution in [0.15, 0.2) is 29.7 Å². The molecular weight excluding hydrogens is 150 g/mol. The van der Waals surface area contributed by atoms with Gasteiger partial charge in [0.25, 0.3) is 0 Å². The number of hydrogen-bond acceptors (Lipinski definition) is 2. The highest BCUT2D eigenvalue weighted by Crippen LogP contribution is 2.00. The van der Waals surface area contributed by atoms with Crippen LogP contribution in [0.4, 0.5) is 0 Å². The topological polar surface area (TPSA) is 32.3 Å². The van der Waals surface area contributed by atoms with Gasteiger partial charge in [-0.1, -0.05) is 13.5 Å². The van der Waals surface area contributed by atoms with Crippen LogP contribution in [0.3, 0.4) is 0 Å². The van der Waals surface area contributed by atoms with E-state index in [0.29, 0.717) is 12.3 Å². The third-order valence-corrected chi connectivity index (χ3v) is 1.48. The first-order valence-electron chi connectivity index (χ1n) is 4.17. The van der Waals surface area contributed by atoms with E-state index in [0.717, 1.165) is 18.5 Å². The Morgan fingerprint density at radius 3 is 2.75 bits per heavy atom. The van der Waals surface area contributed by atoms with Crippen LogP contribution >= 0.6 is 0 Å². The van der Waals surface area contributed by atoms with Crippen LogP contribution in [0.5, 0.6) is 0 Å². The van der Waals surface area contributed by atoms with Gasteiger partial charge in [-0.05, 0) is 26.0 Å². The molecule has 2 heteroatoms. The highest BCUT2D eigenvalue weighted by atomic mass is 16.3. The molecule has 0 aliphatic rings.